The molecule has 5 heteroatoms. The van der Waals surface area contributed by atoms with E-state index in [0.717, 1.165) is 0 Å². The molecule has 0 amide bonds. The van der Waals surface area contributed by atoms with Gasteiger partial charge in [0.2, 0.25) is 0 Å². The second-order valence-corrected chi connectivity index (χ2v) is 2.00. The van der Waals surface area contributed by atoms with Gasteiger partial charge in [-0.05, 0) is 6.07 Å². The maximum Gasteiger partial charge on any atom is 0.282 e. The average molecular weight is 159 g/mol. The molecule has 0 aliphatic carbocycles. The molecule has 4 N–H and O–H groups in total. The minimum absolute atomic E-state index is 0.135. The fourth-order valence-electron chi connectivity index (χ4n) is 0.679. The smallest absolute Gasteiger partial charge is 0.282 e. The number of aromatic nitrogens is 1. The van der Waals surface area contributed by atoms with Crippen LogP contribution in [0.5, 0.6) is 0 Å². The van der Waals surface area contributed by atoms with Crippen LogP contribution >= 0.6 is 0 Å². The molecule has 3 nitrogen and oxygen atoms in total. The summed E-state index contributed by atoms with van der Waals surface area (Å²) < 4.78 is 24.0. The molecule has 0 atom stereocenters. The number of rotatable bonds is 1. The summed E-state index contributed by atoms with van der Waals surface area (Å²) in [6.45, 7) is 0. The van der Waals surface area contributed by atoms with Crippen LogP contribution in [0.3, 0.4) is 0 Å². The molecule has 0 aliphatic heterocycles. The zero-order chi connectivity index (χ0) is 8.43. The van der Waals surface area contributed by atoms with E-state index in [0.29, 0.717) is 0 Å². The number of nitrogens with two attached hydrogens (primary N) is 2. The maximum absolute atomic E-state index is 12.0. The summed E-state index contributed by atoms with van der Waals surface area (Å²) in [5, 5.41) is 0. The first kappa shape index (κ1) is 7.71. The summed E-state index contributed by atoms with van der Waals surface area (Å²) in [6.07, 6.45) is -1.47. The SMILES string of the molecule is Nc1ccnc(C(F)F)c1N. The molecule has 60 valence electrons. The van der Waals surface area contributed by atoms with Crippen molar-refractivity contribution < 1.29 is 8.78 Å². The van der Waals surface area contributed by atoms with Gasteiger partial charge in [0.25, 0.3) is 6.43 Å². The highest BCUT2D eigenvalue weighted by Crippen LogP contribution is 2.25. The summed E-state index contributed by atoms with van der Waals surface area (Å²) in [5.41, 5.74) is 10.0. The van der Waals surface area contributed by atoms with Gasteiger partial charge in [0.15, 0.2) is 0 Å². The lowest BCUT2D eigenvalue weighted by molar-refractivity contribution is 0.147. The molecule has 0 aromatic carbocycles. The van der Waals surface area contributed by atoms with Crippen molar-refractivity contribution in [3.8, 4) is 0 Å². The van der Waals surface area contributed by atoms with Gasteiger partial charge in [-0.1, -0.05) is 0 Å². The number of hydrogen-bond acceptors (Lipinski definition) is 3. The van der Waals surface area contributed by atoms with Gasteiger partial charge in [-0.3, -0.25) is 4.98 Å². The largest absolute Gasteiger partial charge is 0.397 e. The third kappa shape index (κ3) is 1.36. The van der Waals surface area contributed by atoms with E-state index in [1.54, 1.807) is 0 Å². The predicted molar refractivity (Wildman–Crippen MR) is 38.0 cm³/mol. The number of halogens is 2. The zero-order valence-electron chi connectivity index (χ0n) is 5.59. The molecular weight excluding hydrogens is 152 g/mol. The van der Waals surface area contributed by atoms with Crippen LogP contribution in [-0.4, -0.2) is 4.98 Å². The third-order valence-corrected chi connectivity index (χ3v) is 1.26. The molecule has 0 unspecified atom stereocenters. The summed E-state index contributed by atoms with van der Waals surface area (Å²) in [4.78, 5) is 3.38. The molecule has 1 rings (SSSR count). The van der Waals surface area contributed by atoms with Gasteiger partial charge in [-0.2, -0.15) is 0 Å². The Labute approximate surface area is 62.0 Å². The quantitative estimate of drug-likeness (QED) is 0.646. The zero-order valence-corrected chi connectivity index (χ0v) is 5.59. The Balaban J connectivity index is 3.17. The van der Waals surface area contributed by atoms with Crippen molar-refractivity contribution >= 4 is 11.4 Å². The van der Waals surface area contributed by atoms with Crippen molar-refractivity contribution in [2.24, 2.45) is 0 Å². The highest BCUT2D eigenvalue weighted by Gasteiger charge is 2.13. The molecule has 0 saturated carbocycles. The van der Waals surface area contributed by atoms with Crippen LogP contribution < -0.4 is 11.5 Å². The minimum atomic E-state index is -2.67. The number of nitrogens with zero attached hydrogens (tertiary/aromatic N) is 1. The van der Waals surface area contributed by atoms with Crippen molar-refractivity contribution in [2.75, 3.05) is 11.5 Å². The molecule has 0 bridgehead atoms. The molecular formula is C6H7F2N3. The number of pyridine rings is 1. The van der Waals surface area contributed by atoms with Crippen LogP contribution in [0.15, 0.2) is 12.3 Å². The van der Waals surface area contributed by atoms with Gasteiger partial charge >= 0.3 is 0 Å². The highest BCUT2D eigenvalue weighted by molar-refractivity contribution is 5.65. The van der Waals surface area contributed by atoms with E-state index in [2.05, 4.69) is 4.98 Å². The summed E-state index contributed by atoms with van der Waals surface area (Å²) >= 11 is 0. The Morgan fingerprint density at radius 2 is 2.00 bits per heavy atom. The Bertz CT molecular complexity index is 262. The van der Waals surface area contributed by atoms with Gasteiger partial charge in [0, 0.05) is 6.20 Å². The van der Waals surface area contributed by atoms with Crippen LogP contribution in [0.4, 0.5) is 20.2 Å². The Morgan fingerprint density at radius 1 is 1.36 bits per heavy atom. The fraction of sp³-hybridized carbons (Fsp3) is 0.167. The van der Waals surface area contributed by atoms with Gasteiger partial charge in [0.05, 0.1) is 11.4 Å². The normalized spacial score (nSPS) is 10.5. The Morgan fingerprint density at radius 3 is 2.45 bits per heavy atom. The average Bonchev–Trinajstić information content (AvgIpc) is 1.94. The van der Waals surface area contributed by atoms with Crippen molar-refractivity contribution in [2.45, 2.75) is 6.43 Å². The van der Waals surface area contributed by atoms with Crippen LogP contribution in [0, 0.1) is 0 Å². The van der Waals surface area contributed by atoms with Crippen LogP contribution in [-0.2, 0) is 0 Å². The van der Waals surface area contributed by atoms with E-state index in [4.69, 9.17) is 11.5 Å². The summed E-state index contributed by atoms with van der Waals surface area (Å²) in [5.74, 6) is 0. The maximum atomic E-state index is 12.0. The first-order valence-electron chi connectivity index (χ1n) is 2.91. The van der Waals surface area contributed by atoms with E-state index in [1.807, 2.05) is 0 Å². The monoisotopic (exact) mass is 159 g/mol. The Kier molecular flexibility index (Phi) is 1.89. The van der Waals surface area contributed by atoms with E-state index < -0.39 is 12.1 Å². The van der Waals surface area contributed by atoms with Gasteiger partial charge in [-0.25, -0.2) is 8.78 Å². The highest BCUT2D eigenvalue weighted by atomic mass is 19.3. The number of nitrogen functional groups attached to an aromatic ring is 2. The molecule has 0 radical (unpaired) electrons. The molecule has 0 aliphatic rings. The lowest BCUT2D eigenvalue weighted by atomic mass is 10.3. The van der Waals surface area contributed by atoms with Crippen molar-refractivity contribution in [1.82, 2.24) is 4.98 Å². The summed E-state index contributed by atoms with van der Waals surface area (Å²) in [7, 11) is 0. The summed E-state index contributed by atoms with van der Waals surface area (Å²) in [6, 6.07) is 1.38. The number of hydrogen-bond donors (Lipinski definition) is 2. The van der Waals surface area contributed by atoms with Gasteiger partial charge in [-0.15, -0.1) is 0 Å². The molecule has 0 fully saturated rings. The topological polar surface area (TPSA) is 64.9 Å². The van der Waals surface area contributed by atoms with E-state index >= 15 is 0 Å². The standard InChI is InChI=1S/C6H7F2N3/c7-6(8)5-4(10)3(9)1-2-11-5/h1-2,6H,10H2,(H2,9,11). The van der Waals surface area contributed by atoms with Crippen molar-refractivity contribution in [1.29, 1.82) is 0 Å². The lowest BCUT2D eigenvalue weighted by Crippen LogP contribution is -2.02. The van der Waals surface area contributed by atoms with E-state index in [-0.39, 0.29) is 11.4 Å². The molecule has 1 aromatic heterocycles. The predicted octanol–water partition coefficient (Wildman–Crippen LogP) is 1.18. The second-order valence-electron chi connectivity index (χ2n) is 2.00. The van der Waals surface area contributed by atoms with Gasteiger partial charge in [0.1, 0.15) is 5.69 Å². The lowest BCUT2D eigenvalue weighted by Gasteiger charge is -2.04. The number of anilines is 2. The van der Waals surface area contributed by atoms with Crippen molar-refractivity contribution in [3.63, 3.8) is 0 Å². The first-order chi connectivity index (χ1) is 5.13. The Hall–Kier alpha value is -1.39. The fourth-order valence-corrected chi connectivity index (χ4v) is 0.679. The first-order valence-corrected chi connectivity index (χ1v) is 2.91. The van der Waals surface area contributed by atoms with Crippen LogP contribution in [0.2, 0.25) is 0 Å². The van der Waals surface area contributed by atoms with E-state index in [9.17, 15) is 8.78 Å². The van der Waals surface area contributed by atoms with Crippen LogP contribution in [0.1, 0.15) is 12.1 Å². The number of alkyl halides is 2. The minimum Gasteiger partial charge on any atom is -0.397 e. The van der Waals surface area contributed by atoms with Gasteiger partial charge < -0.3 is 11.5 Å². The van der Waals surface area contributed by atoms with Crippen LogP contribution in [0.25, 0.3) is 0 Å². The second kappa shape index (κ2) is 2.69. The molecule has 1 aromatic rings. The van der Waals surface area contributed by atoms with E-state index in [1.165, 1.54) is 12.3 Å². The molecule has 0 saturated heterocycles. The molecule has 0 spiro atoms. The molecule has 1 heterocycles. The molecule has 11 heavy (non-hydrogen) atoms. The van der Waals surface area contributed by atoms with Crippen molar-refractivity contribution in [3.05, 3.63) is 18.0 Å². The third-order valence-electron chi connectivity index (χ3n) is 1.26.